The lowest BCUT2D eigenvalue weighted by Crippen LogP contribution is -2.45. The van der Waals surface area contributed by atoms with E-state index in [-0.39, 0.29) is 23.4 Å². The summed E-state index contributed by atoms with van der Waals surface area (Å²) in [5, 5.41) is 11.1. The van der Waals surface area contributed by atoms with E-state index in [4.69, 9.17) is 10.5 Å². The number of para-hydroxylation sites is 1. The number of hydrogen-bond acceptors (Lipinski definition) is 5. The Morgan fingerprint density at radius 2 is 2.12 bits per heavy atom. The van der Waals surface area contributed by atoms with Gasteiger partial charge in [-0.05, 0) is 56.3 Å². The van der Waals surface area contributed by atoms with Gasteiger partial charge in [0.05, 0.1) is 5.52 Å². The molecule has 3 N–H and O–H groups in total. The summed E-state index contributed by atoms with van der Waals surface area (Å²) in [6.07, 6.45) is 6.65. The molecule has 4 rings (SSSR count). The van der Waals surface area contributed by atoms with Crippen LogP contribution in [0.1, 0.15) is 43.0 Å². The van der Waals surface area contributed by atoms with Crippen LogP contribution in [0.5, 0.6) is 11.5 Å². The van der Waals surface area contributed by atoms with E-state index in [0.29, 0.717) is 36.2 Å². The average molecular weight is 452 g/mol. The third kappa shape index (κ3) is 4.88. The molecular weight excluding hydrogens is 421 g/mol. The van der Waals surface area contributed by atoms with Crippen molar-refractivity contribution in [2.75, 3.05) is 6.54 Å². The summed E-state index contributed by atoms with van der Waals surface area (Å²) < 4.78 is 21.1. The van der Waals surface area contributed by atoms with Gasteiger partial charge in [0.2, 0.25) is 0 Å². The van der Waals surface area contributed by atoms with Crippen molar-refractivity contribution >= 4 is 16.7 Å². The van der Waals surface area contributed by atoms with Gasteiger partial charge >= 0.3 is 0 Å². The van der Waals surface area contributed by atoms with Crippen molar-refractivity contribution in [3.63, 3.8) is 0 Å². The zero-order valence-electron chi connectivity index (χ0n) is 18.8. The third-order valence-corrected chi connectivity index (χ3v) is 6.39. The Balaban J connectivity index is 1.39. The molecule has 3 aromatic rings. The number of halogens is 1. The van der Waals surface area contributed by atoms with E-state index in [1.165, 1.54) is 19.1 Å². The highest BCUT2D eigenvalue weighted by Crippen LogP contribution is 2.34. The van der Waals surface area contributed by atoms with Crippen LogP contribution in [0.2, 0.25) is 0 Å². The van der Waals surface area contributed by atoms with Crippen molar-refractivity contribution in [3.8, 4) is 11.5 Å². The highest BCUT2D eigenvalue weighted by Gasteiger charge is 2.39. The molecule has 2 unspecified atom stereocenters. The van der Waals surface area contributed by atoms with Crippen LogP contribution in [0.4, 0.5) is 4.39 Å². The summed E-state index contributed by atoms with van der Waals surface area (Å²) in [5.41, 5.74) is 6.99. The van der Waals surface area contributed by atoms with Gasteiger partial charge in [0.25, 0.3) is 0 Å². The maximum Gasteiger partial charge on any atom is 0.161 e. The maximum atomic E-state index is 13.2. The lowest BCUT2D eigenvalue weighted by molar-refractivity contribution is 0.0748. The molecule has 0 aliphatic heterocycles. The number of phenolic OH excluding ortho intramolecular Hbond substituents is 1. The van der Waals surface area contributed by atoms with Crippen LogP contribution in [-0.4, -0.2) is 38.7 Å². The number of carbonyl (C=O) groups excluding carboxylic acids is 1. The SMILES string of the molecule is C=CN(CCCn1cc(C(C)=O)c2cccc(O)c21)C1CCC(N)(Oc2ccc(F)cc2)C1. The fourth-order valence-corrected chi connectivity index (χ4v) is 4.77. The Hall–Kier alpha value is -3.32. The number of aromatic nitrogens is 1. The molecule has 174 valence electrons. The van der Waals surface area contributed by atoms with Crippen LogP contribution >= 0.6 is 0 Å². The van der Waals surface area contributed by atoms with E-state index in [1.54, 1.807) is 24.3 Å². The van der Waals surface area contributed by atoms with Gasteiger partial charge < -0.3 is 19.3 Å². The lowest BCUT2D eigenvalue weighted by atomic mass is 10.1. The van der Waals surface area contributed by atoms with Gasteiger partial charge in [0.1, 0.15) is 17.3 Å². The Morgan fingerprint density at radius 1 is 1.36 bits per heavy atom. The molecular formula is C26H30FN3O3. The predicted octanol–water partition coefficient (Wildman–Crippen LogP) is 4.81. The van der Waals surface area contributed by atoms with Crippen LogP contribution in [0.25, 0.3) is 10.9 Å². The van der Waals surface area contributed by atoms with E-state index in [9.17, 15) is 14.3 Å². The molecule has 1 fully saturated rings. The Kier molecular flexibility index (Phi) is 6.42. The fourth-order valence-electron chi connectivity index (χ4n) is 4.77. The molecule has 0 bridgehead atoms. The van der Waals surface area contributed by atoms with Gasteiger partial charge in [0, 0.05) is 49.1 Å². The summed E-state index contributed by atoms with van der Waals surface area (Å²) in [4.78, 5) is 14.2. The molecule has 0 amide bonds. The van der Waals surface area contributed by atoms with Crippen molar-refractivity contribution in [1.82, 2.24) is 9.47 Å². The Labute approximate surface area is 193 Å². The second-order valence-electron chi connectivity index (χ2n) is 8.76. The van der Waals surface area contributed by atoms with E-state index in [1.807, 2.05) is 23.0 Å². The number of nitrogens with zero attached hydrogens (tertiary/aromatic N) is 2. The first kappa shape index (κ1) is 22.9. The van der Waals surface area contributed by atoms with E-state index >= 15 is 0 Å². The summed E-state index contributed by atoms with van der Waals surface area (Å²) in [7, 11) is 0. The first-order valence-corrected chi connectivity index (χ1v) is 11.2. The number of carbonyl (C=O) groups is 1. The molecule has 1 heterocycles. The van der Waals surface area contributed by atoms with E-state index in [2.05, 4.69) is 11.5 Å². The minimum absolute atomic E-state index is 0.0246. The summed E-state index contributed by atoms with van der Waals surface area (Å²) >= 11 is 0. The summed E-state index contributed by atoms with van der Waals surface area (Å²) in [5.74, 6) is 0.394. The molecule has 6 nitrogen and oxygen atoms in total. The molecule has 2 aromatic carbocycles. The smallest absolute Gasteiger partial charge is 0.161 e. The monoisotopic (exact) mass is 451 g/mol. The second-order valence-corrected chi connectivity index (χ2v) is 8.76. The summed E-state index contributed by atoms with van der Waals surface area (Å²) in [6, 6.07) is 11.3. The van der Waals surface area contributed by atoms with Crippen LogP contribution in [0, 0.1) is 5.82 Å². The number of Topliss-reactive ketones (excluding diaryl/α,β-unsaturated/α-hetero) is 1. The average Bonchev–Trinajstić information content (AvgIpc) is 3.35. The van der Waals surface area contributed by atoms with Gasteiger partial charge in [-0.1, -0.05) is 18.7 Å². The van der Waals surface area contributed by atoms with Crippen LogP contribution in [-0.2, 0) is 6.54 Å². The number of rotatable bonds is 9. The van der Waals surface area contributed by atoms with E-state index in [0.717, 1.165) is 24.8 Å². The minimum atomic E-state index is -0.803. The molecule has 2 atom stereocenters. The van der Waals surface area contributed by atoms with Crippen molar-refractivity contribution in [1.29, 1.82) is 0 Å². The van der Waals surface area contributed by atoms with E-state index < -0.39 is 5.72 Å². The van der Waals surface area contributed by atoms with Crippen molar-refractivity contribution < 1.29 is 19.0 Å². The number of aryl methyl sites for hydroxylation is 1. The van der Waals surface area contributed by atoms with Crippen LogP contribution < -0.4 is 10.5 Å². The number of ether oxygens (including phenoxy) is 1. The first-order chi connectivity index (χ1) is 15.8. The number of ketones is 1. The molecule has 1 aliphatic rings. The van der Waals surface area contributed by atoms with Gasteiger partial charge in [-0.3, -0.25) is 10.5 Å². The van der Waals surface area contributed by atoms with Crippen molar-refractivity contribution in [2.45, 2.75) is 50.9 Å². The molecule has 1 saturated carbocycles. The molecule has 0 saturated heterocycles. The topological polar surface area (TPSA) is 80.7 Å². The maximum absolute atomic E-state index is 13.2. The number of fused-ring (bicyclic) bond motifs is 1. The minimum Gasteiger partial charge on any atom is -0.506 e. The molecule has 0 radical (unpaired) electrons. The second kappa shape index (κ2) is 9.27. The molecule has 33 heavy (non-hydrogen) atoms. The van der Waals surface area contributed by atoms with Gasteiger partial charge in [0.15, 0.2) is 11.5 Å². The number of hydrogen-bond donors (Lipinski definition) is 2. The number of nitrogens with two attached hydrogens (primary N) is 1. The zero-order valence-corrected chi connectivity index (χ0v) is 18.8. The van der Waals surface area contributed by atoms with Crippen LogP contribution in [0.3, 0.4) is 0 Å². The predicted molar refractivity (Wildman–Crippen MR) is 127 cm³/mol. The van der Waals surface area contributed by atoms with Gasteiger partial charge in [-0.15, -0.1) is 0 Å². The Bertz CT molecular complexity index is 1160. The molecule has 0 spiro atoms. The van der Waals surface area contributed by atoms with Crippen LogP contribution in [0.15, 0.2) is 61.4 Å². The number of phenols is 1. The fraction of sp³-hybridized carbons (Fsp3) is 0.346. The molecule has 1 aromatic heterocycles. The largest absolute Gasteiger partial charge is 0.506 e. The summed E-state index contributed by atoms with van der Waals surface area (Å²) in [6.45, 7) is 6.92. The zero-order chi connectivity index (χ0) is 23.6. The molecule has 1 aliphatic carbocycles. The highest BCUT2D eigenvalue weighted by atomic mass is 19.1. The standard InChI is InChI=1S/C26H30FN3O3/c1-3-29(20-12-13-26(28,16-20)33-21-10-8-19(27)9-11-21)14-5-15-30-17-23(18(2)31)22-6-4-7-24(32)25(22)30/h3-4,6-11,17,20,32H,1,5,12-16,28H2,2H3. The number of aromatic hydroxyl groups is 1. The quantitative estimate of drug-likeness (QED) is 0.360. The normalized spacial score (nSPS) is 20.2. The third-order valence-electron chi connectivity index (χ3n) is 6.39. The van der Waals surface area contributed by atoms with Gasteiger partial charge in [-0.25, -0.2) is 4.39 Å². The number of benzene rings is 2. The first-order valence-electron chi connectivity index (χ1n) is 11.2. The molecule has 7 heteroatoms. The lowest BCUT2D eigenvalue weighted by Gasteiger charge is -2.30. The van der Waals surface area contributed by atoms with Gasteiger partial charge in [-0.2, -0.15) is 0 Å². The Morgan fingerprint density at radius 3 is 2.82 bits per heavy atom. The van der Waals surface area contributed by atoms with Crippen molar-refractivity contribution in [2.24, 2.45) is 5.73 Å². The van der Waals surface area contributed by atoms with Crippen molar-refractivity contribution in [3.05, 3.63) is 72.8 Å². The highest BCUT2D eigenvalue weighted by molar-refractivity contribution is 6.08.